The highest BCUT2D eigenvalue weighted by atomic mass is 35.5. The van der Waals surface area contributed by atoms with Crippen LogP contribution in [0, 0.1) is 0 Å². The van der Waals surface area contributed by atoms with Crippen LogP contribution in [0.25, 0.3) is 11.5 Å². The van der Waals surface area contributed by atoms with Gasteiger partial charge in [-0.2, -0.15) is 0 Å². The van der Waals surface area contributed by atoms with Crippen molar-refractivity contribution < 1.29 is 9.21 Å². The Morgan fingerprint density at radius 1 is 1.29 bits per heavy atom. The van der Waals surface area contributed by atoms with E-state index in [1.165, 1.54) is 12.5 Å². The maximum atomic E-state index is 12.1. The Balaban J connectivity index is 1.82. The molecule has 0 saturated heterocycles. The lowest BCUT2D eigenvalue weighted by molar-refractivity contribution is 0.102. The zero-order valence-electron chi connectivity index (χ0n) is 10.4. The summed E-state index contributed by atoms with van der Waals surface area (Å²) in [5.74, 6) is 0.0172. The van der Waals surface area contributed by atoms with Crippen LogP contribution in [-0.2, 0) is 0 Å². The SMILES string of the molecule is O=C(Nc1cccc(-c2nnco2)c1)c1cc(Cl)c(Cl)[nH]1. The Hall–Kier alpha value is -2.31. The van der Waals surface area contributed by atoms with Gasteiger partial charge in [0.15, 0.2) is 0 Å². The highest BCUT2D eigenvalue weighted by Crippen LogP contribution is 2.24. The molecule has 3 aromatic rings. The lowest BCUT2D eigenvalue weighted by Gasteiger charge is -2.04. The first-order valence-corrected chi connectivity index (χ1v) is 6.61. The molecule has 0 radical (unpaired) electrons. The van der Waals surface area contributed by atoms with Crippen LogP contribution < -0.4 is 5.32 Å². The molecule has 8 heteroatoms. The first-order valence-electron chi connectivity index (χ1n) is 5.85. The zero-order valence-corrected chi connectivity index (χ0v) is 11.9. The Labute approximate surface area is 129 Å². The molecule has 0 aliphatic rings. The summed E-state index contributed by atoms with van der Waals surface area (Å²) in [5, 5.41) is 10.7. The molecule has 106 valence electrons. The van der Waals surface area contributed by atoms with Gasteiger partial charge in [0.1, 0.15) is 10.8 Å². The molecule has 2 aromatic heterocycles. The van der Waals surface area contributed by atoms with E-state index < -0.39 is 0 Å². The highest BCUT2D eigenvalue weighted by Gasteiger charge is 2.12. The van der Waals surface area contributed by atoms with Crippen molar-refractivity contribution in [3.05, 3.63) is 52.6 Å². The number of hydrogen-bond donors (Lipinski definition) is 2. The van der Waals surface area contributed by atoms with Crippen molar-refractivity contribution >= 4 is 34.8 Å². The summed E-state index contributed by atoms with van der Waals surface area (Å²) in [7, 11) is 0. The van der Waals surface area contributed by atoms with Gasteiger partial charge in [-0.1, -0.05) is 29.3 Å². The fourth-order valence-electron chi connectivity index (χ4n) is 1.75. The van der Waals surface area contributed by atoms with E-state index in [9.17, 15) is 4.79 Å². The van der Waals surface area contributed by atoms with Gasteiger partial charge in [-0.15, -0.1) is 10.2 Å². The first kappa shape index (κ1) is 13.7. The molecule has 0 atom stereocenters. The van der Waals surface area contributed by atoms with E-state index in [1.54, 1.807) is 24.3 Å². The van der Waals surface area contributed by atoms with E-state index >= 15 is 0 Å². The first-order chi connectivity index (χ1) is 10.1. The molecule has 0 saturated carbocycles. The lowest BCUT2D eigenvalue weighted by Crippen LogP contribution is -2.12. The molecule has 1 aromatic carbocycles. The van der Waals surface area contributed by atoms with Crippen LogP contribution in [0.15, 0.2) is 41.1 Å². The third kappa shape index (κ3) is 2.91. The molecular formula is C13H8Cl2N4O2. The van der Waals surface area contributed by atoms with E-state index in [1.807, 2.05) is 0 Å². The van der Waals surface area contributed by atoms with Gasteiger partial charge in [-0.25, -0.2) is 0 Å². The van der Waals surface area contributed by atoms with E-state index in [0.717, 1.165) is 0 Å². The maximum absolute atomic E-state index is 12.1. The summed E-state index contributed by atoms with van der Waals surface area (Å²) in [5.41, 5.74) is 1.55. The smallest absolute Gasteiger partial charge is 0.272 e. The third-order valence-electron chi connectivity index (χ3n) is 2.70. The number of amides is 1. The number of anilines is 1. The number of H-pyrrole nitrogens is 1. The Morgan fingerprint density at radius 3 is 2.81 bits per heavy atom. The molecule has 0 fully saturated rings. The zero-order chi connectivity index (χ0) is 14.8. The van der Waals surface area contributed by atoms with E-state index in [-0.39, 0.29) is 16.8 Å². The van der Waals surface area contributed by atoms with Crippen LogP contribution >= 0.6 is 23.2 Å². The second-order valence-corrected chi connectivity index (χ2v) is 4.91. The molecule has 0 unspecified atom stereocenters. The second-order valence-electron chi connectivity index (χ2n) is 4.12. The minimum atomic E-state index is -0.355. The molecule has 0 bridgehead atoms. The van der Waals surface area contributed by atoms with Gasteiger partial charge in [0.2, 0.25) is 12.3 Å². The molecule has 2 heterocycles. The van der Waals surface area contributed by atoms with Crippen molar-refractivity contribution in [1.82, 2.24) is 15.2 Å². The molecule has 0 aliphatic heterocycles. The van der Waals surface area contributed by atoms with Crippen LogP contribution in [0.2, 0.25) is 10.2 Å². The Morgan fingerprint density at radius 2 is 2.14 bits per heavy atom. The number of nitrogens with one attached hydrogen (secondary N) is 2. The van der Waals surface area contributed by atoms with E-state index in [4.69, 9.17) is 27.6 Å². The summed E-state index contributed by atoms with van der Waals surface area (Å²) in [6.07, 6.45) is 1.24. The molecule has 0 aliphatic carbocycles. The van der Waals surface area contributed by atoms with Crippen molar-refractivity contribution in [1.29, 1.82) is 0 Å². The van der Waals surface area contributed by atoms with Gasteiger partial charge in [-0.05, 0) is 24.3 Å². The number of carbonyl (C=O) groups is 1. The standard InChI is InChI=1S/C13H8Cl2N4O2/c14-9-5-10(18-11(9)15)12(20)17-8-3-1-2-7(4-8)13-19-16-6-21-13/h1-6,18H,(H,17,20). The quantitative estimate of drug-likeness (QED) is 0.771. The summed E-state index contributed by atoms with van der Waals surface area (Å²) in [6.45, 7) is 0. The van der Waals surface area contributed by atoms with Crippen molar-refractivity contribution in [3.8, 4) is 11.5 Å². The largest absolute Gasteiger partial charge is 0.423 e. The average molecular weight is 323 g/mol. The number of aromatic amines is 1. The number of hydrogen-bond acceptors (Lipinski definition) is 4. The highest BCUT2D eigenvalue weighted by molar-refractivity contribution is 6.41. The molecule has 2 N–H and O–H groups in total. The lowest BCUT2D eigenvalue weighted by atomic mass is 10.2. The van der Waals surface area contributed by atoms with Crippen LogP contribution in [0.1, 0.15) is 10.5 Å². The Kier molecular flexibility index (Phi) is 3.64. The molecule has 21 heavy (non-hydrogen) atoms. The van der Waals surface area contributed by atoms with Crippen molar-refractivity contribution in [2.75, 3.05) is 5.32 Å². The van der Waals surface area contributed by atoms with E-state index in [2.05, 4.69) is 20.5 Å². The van der Waals surface area contributed by atoms with Gasteiger partial charge in [0.05, 0.1) is 5.02 Å². The van der Waals surface area contributed by atoms with E-state index in [0.29, 0.717) is 22.2 Å². The number of aromatic nitrogens is 3. The molecule has 6 nitrogen and oxygen atoms in total. The predicted octanol–water partition coefficient (Wildman–Crippen LogP) is 3.62. The number of nitrogens with zero attached hydrogens (tertiary/aromatic N) is 2. The van der Waals surface area contributed by atoms with Crippen LogP contribution in [-0.4, -0.2) is 21.1 Å². The van der Waals surface area contributed by atoms with Gasteiger partial charge in [0.25, 0.3) is 5.91 Å². The monoisotopic (exact) mass is 322 g/mol. The second kappa shape index (κ2) is 5.59. The van der Waals surface area contributed by atoms with Crippen molar-refractivity contribution in [3.63, 3.8) is 0 Å². The molecule has 3 rings (SSSR count). The molecule has 1 amide bonds. The average Bonchev–Trinajstić information content (AvgIpc) is 3.10. The van der Waals surface area contributed by atoms with Crippen molar-refractivity contribution in [2.24, 2.45) is 0 Å². The predicted molar refractivity (Wildman–Crippen MR) is 78.5 cm³/mol. The maximum Gasteiger partial charge on any atom is 0.272 e. The number of halogens is 2. The fraction of sp³-hybridized carbons (Fsp3) is 0. The Bertz CT molecular complexity index is 764. The van der Waals surface area contributed by atoms with Gasteiger partial charge in [-0.3, -0.25) is 4.79 Å². The molecular weight excluding hydrogens is 315 g/mol. The summed E-state index contributed by atoms with van der Waals surface area (Å²) in [4.78, 5) is 14.8. The number of carbonyl (C=O) groups excluding carboxylic acids is 1. The van der Waals surface area contributed by atoms with Gasteiger partial charge >= 0.3 is 0 Å². The van der Waals surface area contributed by atoms with Gasteiger partial charge in [0, 0.05) is 11.3 Å². The number of rotatable bonds is 3. The minimum absolute atomic E-state index is 0.224. The van der Waals surface area contributed by atoms with Gasteiger partial charge < -0.3 is 14.7 Å². The van der Waals surface area contributed by atoms with Crippen LogP contribution in [0.5, 0.6) is 0 Å². The topological polar surface area (TPSA) is 83.8 Å². The number of benzene rings is 1. The summed E-state index contributed by atoms with van der Waals surface area (Å²) >= 11 is 11.6. The molecule has 0 spiro atoms. The third-order valence-corrected chi connectivity index (χ3v) is 3.39. The minimum Gasteiger partial charge on any atom is -0.423 e. The summed E-state index contributed by atoms with van der Waals surface area (Å²) < 4.78 is 5.11. The normalized spacial score (nSPS) is 10.6. The van der Waals surface area contributed by atoms with Crippen LogP contribution in [0.4, 0.5) is 5.69 Å². The summed E-state index contributed by atoms with van der Waals surface area (Å²) in [6, 6.07) is 8.48. The fourth-order valence-corrected chi connectivity index (χ4v) is 2.07. The van der Waals surface area contributed by atoms with Crippen molar-refractivity contribution in [2.45, 2.75) is 0 Å². The van der Waals surface area contributed by atoms with Crippen LogP contribution in [0.3, 0.4) is 0 Å².